The van der Waals surface area contributed by atoms with Crippen LogP contribution >= 0.6 is 23.2 Å². The Morgan fingerprint density at radius 2 is 1.60 bits per heavy atom. The molecule has 3 aromatic carbocycles. The maximum atomic E-state index is 13.5. The number of likely N-dealkylation sites (tertiary alicyclic amines) is 1. The van der Waals surface area contributed by atoms with Crippen molar-refractivity contribution in [3.63, 3.8) is 0 Å². The number of halogens is 2. The minimum atomic E-state index is -0.986. The van der Waals surface area contributed by atoms with Gasteiger partial charge in [0.25, 0.3) is 11.8 Å². The van der Waals surface area contributed by atoms with Crippen LogP contribution in [-0.2, 0) is 9.59 Å². The van der Waals surface area contributed by atoms with Gasteiger partial charge in [-0.15, -0.1) is 0 Å². The van der Waals surface area contributed by atoms with E-state index in [1.807, 2.05) is 18.2 Å². The van der Waals surface area contributed by atoms with Gasteiger partial charge in [0.1, 0.15) is 17.9 Å². The van der Waals surface area contributed by atoms with E-state index in [4.69, 9.17) is 37.4 Å². The van der Waals surface area contributed by atoms with Crippen molar-refractivity contribution < 1.29 is 33.4 Å². The fraction of sp³-hybridized carbons (Fsp3) is 0.435. The maximum Gasteiger partial charge on any atom is 0.262 e. The normalized spacial score (nSPS) is 21.1. The van der Waals surface area contributed by atoms with E-state index in [0.29, 0.717) is 73.2 Å². The molecule has 1 aromatic heterocycles. The molecule has 15 nitrogen and oxygen atoms in total. The molecule has 3 fully saturated rings. The number of piperidine rings is 2. The predicted octanol–water partition coefficient (Wildman–Crippen LogP) is 6.66. The van der Waals surface area contributed by atoms with Crippen LogP contribution < -0.4 is 29.7 Å². The first-order chi connectivity index (χ1) is 30.4. The number of pyridine rings is 1. The van der Waals surface area contributed by atoms with Crippen LogP contribution in [0.15, 0.2) is 48.7 Å². The number of fused-ring (bicyclic) bond motifs is 2. The van der Waals surface area contributed by atoms with Crippen LogP contribution in [0.2, 0.25) is 10.0 Å². The molecule has 0 saturated carbocycles. The quantitative estimate of drug-likeness (QED) is 0.108. The van der Waals surface area contributed by atoms with E-state index in [1.165, 1.54) is 13.3 Å². The SMILES string of the molecule is COc1cc(Nc2c(C#N)cnc3cc(OCCCN4CCC(CN5CC(C)N(c6ccc7c(c6)C(=O)N(C6CCC(=O)NC6=O)C7=O)C(C)C5)CC4)c(OC)cc23)c(Cl)cc1Cl. The zero-order valence-corrected chi connectivity index (χ0v) is 37.2. The lowest BCUT2D eigenvalue weighted by Crippen LogP contribution is -2.58. The van der Waals surface area contributed by atoms with Gasteiger partial charge >= 0.3 is 0 Å². The lowest BCUT2D eigenvalue weighted by atomic mass is 9.94. The third-order valence-electron chi connectivity index (χ3n) is 12.6. The van der Waals surface area contributed by atoms with Gasteiger partial charge in [-0.05, 0) is 88.9 Å². The second kappa shape index (κ2) is 18.6. The molecule has 330 valence electrons. The minimum absolute atomic E-state index is 0.0851. The number of nitrogens with one attached hydrogen (secondary N) is 2. The predicted molar refractivity (Wildman–Crippen MR) is 240 cm³/mol. The number of aromatic nitrogens is 1. The average Bonchev–Trinajstić information content (AvgIpc) is 3.51. The summed E-state index contributed by atoms with van der Waals surface area (Å²) in [6, 6.07) is 13.9. The number of imide groups is 2. The Morgan fingerprint density at radius 3 is 2.30 bits per heavy atom. The summed E-state index contributed by atoms with van der Waals surface area (Å²) < 4.78 is 17.4. The first-order valence-corrected chi connectivity index (χ1v) is 22.0. The largest absolute Gasteiger partial charge is 0.495 e. The molecule has 3 saturated heterocycles. The van der Waals surface area contributed by atoms with Crippen LogP contribution in [0.3, 0.4) is 0 Å². The number of ether oxygens (including phenoxy) is 3. The lowest BCUT2D eigenvalue weighted by molar-refractivity contribution is -0.136. The Bertz CT molecular complexity index is 2490. The third-order valence-corrected chi connectivity index (χ3v) is 13.2. The molecule has 0 aliphatic carbocycles. The number of rotatable bonds is 13. The number of methoxy groups -OCH3 is 2. The van der Waals surface area contributed by atoms with Gasteiger partial charge in [-0.25, -0.2) is 0 Å². The highest BCUT2D eigenvalue weighted by Gasteiger charge is 2.45. The molecular weight excluding hydrogens is 847 g/mol. The van der Waals surface area contributed by atoms with Crippen molar-refractivity contribution in [2.45, 2.75) is 64.1 Å². The number of anilines is 3. The Labute approximate surface area is 376 Å². The number of carbonyl (C=O) groups is 4. The molecule has 63 heavy (non-hydrogen) atoms. The van der Waals surface area contributed by atoms with Gasteiger partial charge in [0.2, 0.25) is 11.8 Å². The van der Waals surface area contributed by atoms with Crippen molar-refractivity contribution in [1.29, 1.82) is 5.26 Å². The fourth-order valence-electron chi connectivity index (χ4n) is 9.55. The van der Waals surface area contributed by atoms with Crippen LogP contribution in [0.25, 0.3) is 10.9 Å². The van der Waals surface area contributed by atoms with Crippen LogP contribution in [-0.4, -0.2) is 122 Å². The topological polar surface area (TPSA) is 170 Å². The van der Waals surface area contributed by atoms with Gasteiger partial charge in [-0.1, -0.05) is 23.2 Å². The Balaban J connectivity index is 0.815. The van der Waals surface area contributed by atoms with E-state index < -0.39 is 29.7 Å². The molecule has 0 bridgehead atoms. The highest BCUT2D eigenvalue weighted by Crippen LogP contribution is 2.41. The number of hydrogen-bond acceptors (Lipinski definition) is 13. The highest BCUT2D eigenvalue weighted by atomic mass is 35.5. The van der Waals surface area contributed by atoms with E-state index in [-0.39, 0.29) is 30.5 Å². The van der Waals surface area contributed by atoms with Crippen molar-refractivity contribution in [2.75, 3.05) is 70.3 Å². The summed E-state index contributed by atoms with van der Waals surface area (Å²) in [5.41, 5.74) is 3.46. The molecule has 3 atom stereocenters. The summed E-state index contributed by atoms with van der Waals surface area (Å²) in [7, 11) is 3.10. The molecule has 4 aromatic rings. The van der Waals surface area contributed by atoms with Crippen LogP contribution in [0.1, 0.15) is 72.2 Å². The standard InChI is InChI=1S/C46H50Cl2N8O7/c1-26-23-54(24-27(2)55(26)30-6-7-31-32(16-30)46(60)56(45(31)59)38-8-9-42(57)52-44(38)58)25-28-10-13-53(14-11-28)12-5-15-63-41-19-36-33(17-40(41)62-4)43(29(21-49)22-50-36)51-37-20-39(61-3)35(48)18-34(37)47/h6-7,16-20,22,26-28,38H,5,8-15,23-25H2,1-4H3,(H,50,51)(H,52,57,58). The molecule has 0 radical (unpaired) electrons. The molecular formula is C46H50Cl2N8O7. The Hall–Kier alpha value is -5.66. The second-order valence-corrected chi connectivity index (χ2v) is 17.6. The van der Waals surface area contributed by atoms with Gasteiger partial charge in [0.05, 0.1) is 64.5 Å². The molecule has 0 spiro atoms. The van der Waals surface area contributed by atoms with E-state index in [9.17, 15) is 24.4 Å². The minimum Gasteiger partial charge on any atom is -0.495 e. The van der Waals surface area contributed by atoms with E-state index in [1.54, 1.807) is 31.4 Å². The Kier molecular flexibility index (Phi) is 13.0. The molecule has 3 unspecified atom stereocenters. The van der Waals surface area contributed by atoms with Crippen molar-refractivity contribution in [2.24, 2.45) is 5.92 Å². The number of carbonyl (C=O) groups excluding carboxylic acids is 4. The summed E-state index contributed by atoms with van der Waals surface area (Å²) in [4.78, 5) is 63.9. The summed E-state index contributed by atoms with van der Waals surface area (Å²) in [5.74, 6) is 0.130. The third kappa shape index (κ3) is 8.95. The van der Waals surface area contributed by atoms with Gasteiger partial charge in [-0.2, -0.15) is 5.26 Å². The second-order valence-electron chi connectivity index (χ2n) is 16.8. The first kappa shape index (κ1) is 44.0. The smallest absolute Gasteiger partial charge is 0.262 e. The zero-order chi connectivity index (χ0) is 44.5. The number of piperazine rings is 1. The first-order valence-electron chi connectivity index (χ1n) is 21.3. The number of nitrogens with zero attached hydrogens (tertiary/aromatic N) is 6. The average molecular weight is 898 g/mol. The monoisotopic (exact) mass is 896 g/mol. The van der Waals surface area contributed by atoms with Crippen molar-refractivity contribution in [1.82, 2.24) is 25.0 Å². The van der Waals surface area contributed by atoms with Gasteiger partial charge < -0.3 is 29.3 Å². The van der Waals surface area contributed by atoms with Gasteiger partial charge in [-0.3, -0.25) is 39.3 Å². The zero-order valence-electron chi connectivity index (χ0n) is 35.7. The molecule has 5 heterocycles. The molecule has 4 amide bonds. The number of amides is 4. The van der Waals surface area contributed by atoms with Gasteiger partial charge in [0.15, 0.2) is 11.5 Å². The lowest BCUT2D eigenvalue weighted by Gasteiger charge is -2.47. The summed E-state index contributed by atoms with van der Waals surface area (Å²) in [5, 5.41) is 16.9. The van der Waals surface area contributed by atoms with Crippen molar-refractivity contribution in [3.05, 3.63) is 75.4 Å². The fourth-order valence-corrected chi connectivity index (χ4v) is 10.1. The van der Waals surface area contributed by atoms with Crippen molar-refractivity contribution >= 4 is 74.8 Å². The number of nitriles is 1. The summed E-state index contributed by atoms with van der Waals surface area (Å²) in [6.45, 7) is 10.6. The van der Waals surface area contributed by atoms with Crippen molar-refractivity contribution in [3.8, 4) is 23.3 Å². The number of benzene rings is 3. The van der Waals surface area contributed by atoms with Crippen LogP contribution in [0.5, 0.6) is 17.2 Å². The van der Waals surface area contributed by atoms with E-state index >= 15 is 0 Å². The molecule has 4 aliphatic heterocycles. The summed E-state index contributed by atoms with van der Waals surface area (Å²) in [6.07, 6.45) is 4.80. The maximum absolute atomic E-state index is 13.5. The molecule has 17 heteroatoms. The van der Waals surface area contributed by atoms with E-state index in [0.717, 1.165) is 69.1 Å². The van der Waals surface area contributed by atoms with Crippen LogP contribution in [0, 0.1) is 17.2 Å². The number of hydrogen-bond donors (Lipinski definition) is 2. The molecule has 8 rings (SSSR count). The molecule has 4 aliphatic rings. The Morgan fingerprint density at radius 1 is 0.873 bits per heavy atom. The summed E-state index contributed by atoms with van der Waals surface area (Å²) >= 11 is 12.8. The molecule has 2 N–H and O–H groups in total. The van der Waals surface area contributed by atoms with Gasteiger partial charge in [0, 0.05) is 74.1 Å². The van der Waals surface area contributed by atoms with E-state index in [2.05, 4.69) is 50.2 Å². The highest BCUT2D eigenvalue weighted by molar-refractivity contribution is 6.37. The van der Waals surface area contributed by atoms with Crippen LogP contribution in [0.4, 0.5) is 17.1 Å².